The maximum atomic E-state index is 5.91. The standard InChI is InChI=1S/C12H16O/c1-8-5-6-9(2)11-10(8)7-12(3,4)13-11/h5-6H,7H2,1-4H3. The highest BCUT2D eigenvalue weighted by Gasteiger charge is 2.31. The van der Waals surface area contributed by atoms with Gasteiger partial charge in [0, 0.05) is 12.0 Å². The molecular weight excluding hydrogens is 160 g/mol. The highest BCUT2D eigenvalue weighted by Crippen LogP contribution is 2.38. The molecule has 1 aromatic rings. The Bertz CT molecular complexity index is 317. The molecule has 1 heteroatoms. The number of aryl methyl sites for hydroxylation is 2. The molecule has 1 heterocycles. The van der Waals surface area contributed by atoms with Crippen LogP contribution < -0.4 is 4.74 Å². The fourth-order valence-corrected chi connectivity index (χ4v) is 1.94. The number of hydrogen-bond acceptors (Lipinski definition) is 1. The molecule has 0 bridgehead atoms. The van der Waals surface area contributed by atoms with Crippen LogP contribution in [0.3, 0.4) is 0 Å². The van der Waals surface area contributed by atoms with Crippen molar-refractivity contribution in [2.75, 3.05) is 0 Å². The summed E-state index contributed by atoms with van der Waals surface area (Å²) in [6, 6.07) is 4.31. The summed E-state index contributed by atoms with van der Waals surface area (Å²) >= 11 is 0. The van der Waals surface area contributed by atoms with Crippen molar-refractivity contribution in [2.24, 2.45) is 0 Å². The van der Waals surface area contributed by atoms with Gasteiger partial charge in [-0.15, -0.1) is 0 Å². The van der Waals surface area contributed by atoms with Crippen LogP contribution in [-0.4, -0.2) is 5.60 Å². The van der Waals surface area contributed by atoms with Crippen LogP contribution in [0.2, 0.25) is 0 Å². The molecule has 1 aliphatic heterocycles. The average Bonchev–Trinajstić information content (AvgIpc) is 2.35. The van der Waals surface area contributed by atoms with Crippen LogP contribution in [0.15, 0.2) is 12.1 Å². The molecule has 1 nitrogen and oxygen atoms in total. The second-order valence-corrected chi connectivity index (χ2v) is 4.55. The molecule has 13 heavy (non-hydrogen) atoms. The van der Waals surface area contributed by atoms with E-state index >= 15 is 0 Å². The second-order valence-electron chi connectivity index (χ2n) is 4.55. The van der Waals surface area contributed by atoms with E-state index in [0.717, 1.165) is 12.2 Å². The zero-order chi connectivity index (χ0) is 9.64. The van der Waals surface area contributed by atoms with Crippen LogP contribution in [0.25, 0.3) is 0 Å². The molecule has 0 aromatic heterocycles. The van der Waals surface area contributed by atoms with Crippen molar-refractivity contribution in [1.82, 2.24) is 0 Å². The summed E-state index contributed by atoms with van der Waals surface area (Å²) in [7, 11) is 0. The molecule has 2 rings (SSSR count). The first-order valence-electron chi connectivity index (χ1n) is 4.78. The van der Waals surface area contributed by atoms with Crippen molar-refractivity contribution >= 4 is 0 Å². The summed E-state index contributed by atoms with van der Waals surface area (Å²) in [6.07, 6.45) is 1.04. The summed E-state index contributed by atoms with van der Waals surface area (Å²) in [5.41, 5.74) is 3.99. The largest absolute Gasteiger partial charge is 0.487 e. The Labute approximate surface area is 79.7 Å². The van der Waals surface area contributed by atoms with Crippen molar-refractivity contribution in [1.29, 1.82) is 0 Å². The van der Waals surface area contributed by atoms with E-state index in [-0.39, 0.29) is 5.60 Å². The molecule has 1 aromatic carbocycles. The third kappa shape index (κ3) is 1.32. The van der Waals surface area contributed by atoms with E-state index in [1.165, 1.54) is 16.7 Å². The van der Waals surface area contributed by atoms with Gasteiger partial charge in [-0.05, 0) is 38.8 Å². The summed E-state index contributed by atoms with van der Waals surface area (Å²) in [4.78, 5) is 0. The lowest BCUT2D eigenvalue weighted by molar-refractivity contribution is 0.137. The quantitative estimate of drug-likeness (QED) is 0.590. The average molecular weight is 176 g/mol. The first-order chi connectivity index (χ1) is 5.99. The monoisotopic (exact) mass is 176 g/mol. The predicted molar refractivity (Wildman–Crippen MR) is 54.3 cm³/mol. The normalized spacial score (nSPS) is 18.2. The Kier molecular flexibility index (Phi) is 1.66. The molecule has 70 valence electrons. The molecule has 0 fully saturated rings. The Morgan fingerprint density at radius 1 is 1.15 bits per heavy atom. The molecule has 1 aliphatic rings. The van der Waals surface area contributed by atoms with Gasteiger partial charge in [0.25, 0.3) is 0 Å². The highest BCUT2D eigenvalue weighted by atomic mass is 16.5. The highest BCUT2D eigenvalue weighted by molar-refractivity contribution is 5.49. The van der Waals surface area contributed by atoms with E-state index in [1.807, 2.05) is 0 Å². The number of ether oxygens (including phenoxy) is 1. The van der Waals surface area contributed by atoms with Crippen LogP contribution in [0, 0.1) is 13.8 Å². The molecule has 0 aliphatic carbocycles. The van der Waals surface area contributed by atoms with Crippen molar-refractivity contribution in [3.8, 4) is 5.75 Å². The number of hydrogen-bond donors (Lipinski definition) is 0. The SMILES string of the molecule is Cc1ccc(C)c2c1CC(C)(C)O2. The molecular formula is C12H16O. The fraction of sp³-hybridized carbons (Fsp3) is 0.500. The van der Waals surface area contributed by atoms with E-state index in [2.05, 4.69) is 39.8 Å². The third-order valence-electron chi connectivity index (χ3n) is 2.67. The van der Waals surface area contributed by atoms with Gasteiger partial charge in [0.2, 0.25) is 0 Å². The molecule has 0 spiro atoms. The smallest absolute Gasteiger partial charge is 0.126 e. The predicted octanol–water partition coefficient (Wildman–Crippen LogP) is 3.02. The van der Waals surface area contributed by atoms with Crippen molar-refractivity contribution in [3.05, 3.63) is 28.8 Å². The van der Waals surface area contributed by atoms with Crippen molar-refractivity contribution in [2.45, 2.75) is 39.7 Å². The molecule has 0 saturated carbocycles. The molecule has 0 atom stereocenters. The summed E-state index contributed by atoms with van der Waals surface area (Å²) in [5.74, 6) is 1.12. The van der Waals surface area contributed by atoms with Crippen LogP contribution in [-0.2, 0) is 6.42 Å². The minimum Gasteiger partial charge on any atom is -0.487 e. The maximum absolute atomic E-state index is 5.91. The molecule has 0 N–H and O–H groups in total. The summed E-state index contributed by atoms with van der Waals surface area (Å²) in [5, 5.41) is 0. The minimum absolute atomic E-state index is 0.0147. The molecule has 0 unspecified atom stereocenters. The topological polar surface area (TPSA) is 9.23 Å². The van der Waals surface area contributed by atoms with E-state index in [9.17, 15) is 0 Å². The van der Waals surface area contributed by atoms with Gasteiger partial charge < -0.3 is 4.74 Å². The van der Waals surface area contributed by atoms with Crippen molar-refractivity contribution < 1.29 is 4.74 Å². The first-order valence-corrected chi connectivity index (χ1v) is 4.78. The van der Waals surface area contributed by atoms with Crippen LogP contribution in [0.4, 0.5) is 0 Å². The number of benzene rings is 1. The number of fused-ring (bicyclic) bond motifs is 1. The maximum Gasteiger partial charge on any atom is 0.126 e. The van der Waals surface area contributed by atoms with Gasteiger partial charge in [-0.2, -0.15) is 0 Å². The van der Waals surface area contributed by atoms with E-state index in [0.29, 0.717) is 0 Å². The lowest BCUT2D eigenvalue weighted by Crippen LogP contribution is -2.24. The zero-order valence-corrected chi connectivity index (χ0v) is 8.77. The van der Waals surface area contributed by atoms with Gasteiger partial charge in [0.05, 0.1) is 0 Å². The molecule has 0 radical (unpaired) electrons. The lowest BCUT2D eigenvalue weighted by Gasteiger charge is -2.17. The first kappa shape index (κ1) is 8.61. The Hall–Kier alpha value is -0.980. The van der Waals surface area contributed by atoms with E-state index in [1.54, 1.807) is 0 Å². The zero-order valence-electron chi connectivity index (χ0n) is 8.77. The summed E-state index contributed by atoms with van der Waals surface area (Å²) in [6.45, 7) is 8.56. The molecule has 0 amide bonds. The van der Waals surface area contributed by atoms with E-state index < -0.39 is 0 Å². The minimum atomic E-state index is -0.0147. The Balaban J connectivity index is 2.56. The van der Waals surface area contributed by atoms with Gasteiger partial charge in [-0.3, -0.25) is 0 Å². The van der Waals surface area contributed by atoms with Crippen LogP contribution >= 0.6 is 0 Å². The summed E-state index contributed by atoms with van der Waals surface area (Å²) < 4.78 is 5.91. The van der Waals surface area contributed by atoms with Gasteiger partial charge in [0.1, 0.15) is 11.4 Å². The van der Waals surface area contributed by atoms with Gasteiger partial charge in [-0.25, -0.2) is 0 Å². The Morgan fingerprint density at radius 3 is 2.38 bits per heavy atom. The lowest BCUT2D eigenvalue weighted by atomic mass is 9.97. The van der Waals surface area contributed by atoms with Crippen LogP contribution in [0.1, 0.15) is 30.5 Å². The van der Waals surface area contributed by atoms with Gasteiger partial charge in [-0.1, -0.05) is 12.1 Å². The Morgan fingerprint density at radius 2 is 1.77 bits per heavy atom. The third-order valence-corrected chi connectivity index (χ3v) is 2.67. The second kappa shape index (κ2) is 2.50. The van der Waals surface area contributed by atoms with Crippen molar-refractivity contribution in [3.63, 3.8) is 0 Å². The van der Waals surface area contributed by atoms with Crippen LogP contribution in [0.5, 0.6) is 5.75 Å². The fourth-order valence-electron chi connectivity index (χ4n) is 1.94. The van der Waals surface area contributed by atoms with Gasteiger partial charge >= 0.3 is 0 Å². The van der Waals surface area contributed by atoms with Gasteiger partial charge in [0.15, 0.2) is 0 Å². The number of rotatable bonds is 0. The van der Waals surface area contributed by atoms with E-state index in [4.69, 9.17) is 4.74 Å². The molecule has 0 saturated heterocycles.